The van der Waals surface area contributed by atoms with Crippen molar-refractivity contribution in [2.24, 2.45) is 0 Å². The Morgan fingerprint density at radius 1 is 0.970 bits per heavy atom. The molecule has 0 radical (unpaired) electrons. The van der Waals surface area contributed by atoms with Crippen molar-refractivity contribution in [3.8, 4) is 0 Å². The van der Waals surface area contributed by atoms with Gasteiger partial charge in [-0.2, -0.15) is 0 Å². The van der Waals surface area contributed by atoms with Crippen LogP contribution in [0.4, 0.5) is 5.69 Å². The van der Waals surface area contributed by atoms with Crippen molar-refractivity contribution in [3.63, 3.8) is 0 Å². The van der Waals surface area contributed by atoms with Crippen molar-refractivity contribution >= 4 is 29.5 Å². The van der Waals surface area contributed by atoms with Crippen LogP contribution in [0.15, 0.2) is 54.6 Å². The zero-order chi connectivity index (χ0) is 23.4. The number of piperazine rings is 1. The second-order valence-corrected chi connectivity index (χ2v) is 7.96. The minimum atomic E-state index is -0.717. The number of imide groups is 1. The molecule has 4 rings (SSSR count). The summed E-state index contributed by atoms with van der Waals surface area (Å²) in [4.78, 5) is 53.3. The van der Waals surface area contributed by atoms with Crippen molar-refractivity contribution in [2.75, 3.05) is 39.3 Å². The van der Waals surface area contributed by atoms with Crippen LogP contribution in [0.3, 0.4) is 0 Å². The molecule has 0 atom stereocenters. The third kappa shape index (κ3) is 4.83. The number of nitro groups is 1. The molecule has 9 nitrogen and oxygen atoms in total. The van der Waals surface area contributed by atoms with Crippen LogP contribution >= 0.6 is 0 Å². The van der Waals surface area contributed by atoms with E-state index in [2.05, 4.69) is 17.1 Å². The molecular formula is C24H24N4O5. The van der Waals surface area contributed by atoms with Gasteiger partial charge in [-0.25, -0.2) is 0 Å². The molecule has 0 spiro atoms. The van der Waals surface area contributed by atoms with Crippen LogP contribution < -0.4 is 0 Å². The molecule has 2 aromatic rings. The molecule has 9 heteroatoms. The minimum absolute atomic E-state index is 0.00677. The molecule has 1 saturated heterocycles. The van der Waals surface area contributed by atoms with E-state index in [1.807, 2.05) is 30.3 Å². The van der Waals surface area contributed by atoms with Gasteiger partial charge in [-0.1, -0.05) is 48.6 Å². The highest BCUT2D eigenvalue weighted by molar-refractivity contribution is 6.23. The van der Waals surface area contributed by atoms with Gasteiger partial charge in [-0.3, -0.25) is 34.3 Å². The second kappa shape index (κ2) is 9.74. The highest BCUT2D eigenvalue weighted by Gasteiger charge is 2.41. The second-order valence-electron chi connectivity index (χ2n) is 7.96. The average Bonchev–Trinajstić information content (AvgIpc) is 3.08. The monoisotopic (exact) mass is 448 g/mol. The number of nitro benzene ring substituents is 1. The van der Waals surface area contributed by atoms with Gasteiger partial charge in [-0.15, -0.1) is 0 Å². The van der Waals surface area contributed by atoms with Gasteiger partial charge in [0.25, 0.3) is 17.5 Å². The smallest absolute Gasteiger partial charge is 0.282 e. The molecule has 3 amide bonds. The SMILES string of the molecule is O=C(CCN1C(=O)c2cccc([N+](=O)[O-])c2C1=O)N1CCN(CC=Cc2ccccc2)CC1. The summed E-state index contributed by atoms with van der Waals surface area (Å²) in [6.07, 6.45) is 4.17. The summed E-state index contributed by atoms with van der Waals surface area (Å²) in [6.45, 7) is 3.33. The van der Waals surface area contributed by atoms with Crippen molar-refractivity contribution < 1.29 is 19.3 Å². The fraction of sp³-hybridized carbons (Fsp3) is 0.292. The van der Waals surface area contributed by atoms with E-state index >= 15 is 0 Å². The van der Waals surface area contributed by atoms with Gasteiger partial charge in [0, 0.05) is 51.8 Å². The standard InChI is InChI=1S/C24H24N4O5/c29-21(26-16-14-25(15-17-26)12-5-8-18-6-2-1-3-7-18)11-13-27-23(30)19-9-4-10-20(28(32)33)22(19)24(27)31/h1-10H,11-17H2. The molecular weight excluding hydrogens is 424 g/mol. The van der Waals surface area contributed by atoms with Gasteiger partial charge in [0.1, 0.15) is 5.56 Å². The lowest BCUT2D eigenvalue weighted by molar-refractivity contribution is -0.385. The predicted octanol–water partition coefficient (Wildman–Crippen LogP) is 2.44. The minimum Gasteiger partial charge on any atom is -0.340 e. The summed E-state index contributed by atoms with van der Waals surface area (Å²) in [7, 11) is 0. The summed E-state index contributed by atoms with van der Waals surface area (Å²) in [5.41, 5.74) is 0.567. The summed E-state index contributed by atoms with van der Waals surface area (Å²) in [6, 6.07) is 14.0. The van der Waals surface area contributed by atoms with Gasteiger partial charge >= 0.3 is 0 Å². The first kappa shape index (κ1) is 22.3. The first-order chi connectivity index (χ1) is 16.0. The first-order valence-electron chi connectivity index (χ1n) is 10.8. The van der Waals surface area contributed by atoms with Gasteiger partial charge in [0.05, 0.1) is 10.5 Å². The fourth-order valence-corrected chi connectivity index (χ4v) is 4.12. The molecule has 0 unspecified atom stereocenters. The van der Waals surface area contributed by atoms with E-state index in [1.54, 1.807) is 4.90 Å². The average molecular weight is 448 g/mol. The van der Waals surface area contributed by atoms with Crippen LogP contribution in [0.5, 0.6) is 0 Å². The molecule has 0 aromatic heterocycles. The van der Waals surface area contributed by atoms with E-state index in [0.717, 1.165) is 30.1 Å². The quantitative estimate of drug-likeness (QED) is 0.366. The van der Waals surface area contributed by atoms with Crippen LogP contribution in [0.2, 0.25) is 0 Å². The topological polar surface area (TPSA) is 104 Å². The van der Waals surface area contributed by atoms with E-state index in [9.17, 15) is 24.5 Å². The Morgan fingerprint density at radius 3 is 2.39 bits per heavy atom. The molecule has 0 bridgehead atoms. The highest BCUT2D eigenvalue weighted by atomic mass is 16.6. The third-order valence-electron chi connectivity index (χ3n) is 5.92. The van der Waals surface area contributed by atoms with E-state index in [-0.39, 0.29) is 30.0 Å². The van der Waals surface area contributed by atoms with Crippen LogP contribution in [0.25, 0.3) is 6.08 Å². The maximum absolute atomic E-state index is 12.7. The van der Waals surface area contributed by atoms with Crippen LogP contribution in [-0.4, -0.2) is 76.6 Å². The summed E-state index contributed by atoms with van der Waals surface area (Å²) >= 11 is 0. The van der Waals surface area contributed by atoms with E-state index < -0.39 is 22.4 Å². The predicted molar refractivity (Wildman–Crippen MR) is 122 cm³/mol. The molecule has 33 heavy (non-hydrogen) atoms. The first-order valence-corrected chi connectivity index (χ1v) is 10.8. The maximum Gasteiger partial charge on any atom is 0.282 e. The molecule has 2 aliphatic rings. The Morgan fingerprint density at radius 2 is 1.70 bits per heavy atom. The third-order valence-corrected chi connectivity index (χ3v) is 5.92. The molecule has 1 fully saturated rings. The van der Waals surface area contributed by atoms with Crippen LogP contribution in [0, 0.1) is 10.1 Å². The van der Waals surface area contributed by atoms with Crippen LogP contribution in [-0.2, 0) is 4.79 Å². The number of hydrogen-bond donors (Lipinski definition) is 0. The van der Waals surface area contributed by atoms with Crippen molar-refractivity contribution in [3.05, 3.63) is 81.4 Å². The Hall–Kier alpha value is -3.85. The zero-order valence-electron chi connectivity index (χ0n) is 18.1. The molecule has 0 aliphatic carbocycles. The van der Waals surface area contributed by atoms with E-state index in [1.165, 1.54) is 18.2 Å². The number of fused-ring (bicyclic) bond motifs is 1. The lowest BCUT2D eigenvalue weighted by atomic mass is 10.1. The number of carbonyl (C=O) groups excluding carboxylic acids is 3. The lowest BCUT2D eigenvalue weighted by Gasteiger charge is -2.34. The van der Waals surface area contributed by atoms with Crippen molar-refractivity contribution in [2.45, 2.75) is 6.42 Å². The van der Waals surface area contributed by atoms with Gasteiger partial charge in [0.15, 0.2) is 0 Å². The Labute approximate surface area is 191 Å². The molecule has 2 aliphatic heterocycles. The Kier molecular flexibility index (Phi) is 6.60. The normalized spacial score (nSPS) is 16.5. The number of amides is 3. The summed E-state index contributed by atoms with van der Waals surface area (Å²) in [5, 5.41) is 11.2. The van der Waals surface area contributed by atoms with E-state index in [0.29, 0.717) is 13.1 Å². The molecule has 170 valence electrons. The van der Waals surface area contributed by atoms with E-state index in [4.69, 9.17) is 0 Å². The van der Waals surface area contributed by atoms with Crippen molar-refractivity contribution in [1.29, 1.82) is 0 Å². The zero-order valence-corrected chi connectivity index (χ0v) is 18.1. The molecule has 2 heterocycles. The summed E-state index contributed by atoms with van der Waals surface area (Å²) < 4.78 is 0. The van der Waals surface area contributed by atoms with Crippen LogP contribution in [0.1, 0.15) is 32.7 Å². The van der Waals surface area contributed by atoms with Gasteiger partial charge in [-0.05, 0) is 11.6 Å². The fourth-order valence-electron chi connectivity index (χ4n) is 4.12. The lowest BCUT2D eigenvalue weighted by Crippen LogP contribution is -2.49. The number of benzene rings is 2. The number of nitrogens with zero attached hydrogens (tertiary/aromatic N) is 4. The van der Waals surface area contributed by atoms with Gasteiger partial charge in [0.2, 0.25) is 5.91 Å². The maximum atomic E-state index is 12.7. The highest BCUT2D eigenvalue weighted by Crippen LogP contribution is 2.30. The summed E-state index contributed by atoms with van der Waals surface area (Å²) in [5.74, 6) is -1.45. The Bertz CT molecular complexity index is 1110. The molecule has 0 N–H and O–H groups in total. The number of rotatable bonds is 7. The number of carbonyl (C=O) groups is 3. The molecule has 0 saturated carbocycles. The number of hydrogen-bond acceptors (Lipinski definition) is 6. The Balaban J connectivity index is 1.27. The van der Waals surface area contributed by atoms with Gasteiger partial charge < -0.3 is 4.90 Å². The van der Waals surface area contributed by atoms with Crippen molar-refractivity contribution in [1.82, 2.24) is 14.7 Å². The molecule has 2 aromatic carbocycles. The largest absolute Gasteiger partial charge is 0.340 e.